The van der Waals surface area contributed by atoms with E-state index in [1.54, 1.807) is 0 Å². The van der Waals surface area contributed by atoms with Gasteiger partial charge in [-0.1, -0.05) is 17.7 Å². The fraction of sp³-hybridized carbons (Fsp3) is 0.143. The van der Waals surface area contributed by atoms with Crippen molar-refractivity contribution < 1.29 is 31.8 Å². The molecule has 72 valence electrons. The first-order valence-corrected chi connectivity index (χ1v) is 5.13. The molecule has 0 saturated carbocycles. The second-order valence-electron chi connectivity index (χ2n) is 2.56. The van der Waals surface area contributed by atoms with Crippen LogP contribution >= 0.6 is 11.6 Å². The van der Waals surface area contributed by atoms with Crippen LogP contribution in [-0.2, 0) is 10.1 Å². The van der Waals surface area contributed by atoms with Gasteiger partial charge in [-0.15, -0.1) is 0 Å². The first-order valence-electron chi connectivity index (χ1n) is 3.34. The third-order valence-corrected chi connectivity index (χ3v) is 2.96. The van der Waals surface area contributed by atoms with Gasteiger partial charge in [0.15, 0.2) is 0 Å². The van der Waals surface area contributed by atoms with E-state index in [-0.39, 0.29) is 29.6 Å². The van der Waals surface area contributed by atoms with Crippen molar-refractivity contribution in [3.05, 3.63) is 22.7 Å². The monoisotopic (exact) mass is 227 g/mol. The molecule has 0 heterocycles. The molecule has 0 saturated heterocycles. The third-order valence-electron chi connectivity index (χ3n) is 1.59. The van der Waals surface area contributed by atoms with Gasteiger partial charge in [-0.05, 0) is 18.6 Å². The molecule has 1 aromatic carbocycles. The molecule has 0 unspecified atom stereocenters. The second-order valence-corrected chi connectivity index (χ2v) is 4.28. The summed E-state index contributed by atoms with van der Waals surface area (Å²) in [7, 11) is -4.55. The van der Waals surface area contributed by atoms with Crippen LogP contribution in [0.2, 0.25) is 5.02 Å². The van der Waals surface area contributed by atoms with E-state index >= 15 is 0 Å². The molecule has 0 aliphatic carbocycles. The largest absolute Gasteiger partial charge is 1.00 e. The van der Waals surface area contributed by atoms with Crippen LogP contribution in [0.3, 0.4) is 0 Å². The summed E-state index contributed by atoms with van der Waals surface area (Å²) < 4.78 is 32.2. The number of nitrogens with two attached hydrogens (primary N) is 1. The molecule has 0 spiro atoms. The summed E-state index contributed by atoms with van der Waals surface area (Å²) >= 11 is 5.56. The minimum absolute atomic E-state index is 0. The number of halogens is 1. The standard InChI is InChI=1S/C7H8ClNO3S.Li/c1-4-2-3-5(8)6(9)7(4)13(10,11)12;/h2-3H,9H2,1H3,(H,10,11,12);/q;+1/p-1. The summed E-state index contributed by atoms with van der Waals surface area (Å²) in [4.78, 5) is -0.431. The Balaban J connectivity index is 0.00000169. The van der Waals surface area contributed by atoms with Crippen molar-refractivity contribution in [1.29, 1.82) is 0 Å². The SMILES string of the molecule is Cc1ccc(Cl)c(N)c1S(=O)(=O)[O-].[Li+]. The number of aryl methyl sites for hydroxylation is 1. The van der Waals surface area contributed by atoms with Crippen molar-refractivity contribution in [2.24, 2.45) is 0 Å². The fourth-order valence-electron chi connectivity index (χ4n) is 1.02. The molecule has 0 amide bonds. The zero-order valence-corrected chi connectivity index (χ0v) is 9.32. The number of benzene rings is 1. The molecule has 4 nitrogen and oxygen atoms in total. The first-order chi connectivity index (χ1) is 5.84. The van der Waals surface area contributed by atoms with Crippen molar-refractivity contribution in [3.8, 4) is 0 Å². The van der Waals surface area contributed by atoms with Crippen molar-refractivity contribution in [2.45, 2.75) is 11.8 Å². The van der Waals surface area contributed by atoms with E-state index < -0.39 is 15.0 Å². The Morgan fingerprint density at radius 3 is 2.29 bits per heavy atom. The van der Waals surface area contributed by atoms with Gasteiger partial charge in [0.25, 0.3) is 0 Å². The van der Waals surface area contributed by atoms with E-state index in [0.717, 1.165) is 0 Å². The van der Waals surface area contributed by atoms with Crippen LogP contribution in [0.1, 0.15) is 5.56 Å². The maximum absolute atomic E-state index is 10.7. The average molecular weight is 228 g/mol. The Kier molecular flexibility index (Phi) is 4.50. The van der Waals surface area contributed by atoms with Crippen LogP contribution in [0, 0.1) is 6.92 Å². The zero-order valence-electron chi connectivity index (χ0n) is 7.74. The molecule has 0 aromatic heterocycles. The second kappa shape index (κ2) is 4.56. The van der Waals surface area contributed by atoms with Crippen LogP contribution in [0.15, 0.2) is 17.0 Å². The van der Waals surface area contributed by atoms with Gasteiger partial charge >= 0.3 is 18.9 Å². The van der Waals surface area contributed by atoms with Crippen LogP contribution in [0.4, 0.5) is 5.69 Å². The maximum Gasteiger partial charge on any atom is 1.00 e. The predicted molar refractivity (Wildman–Crippen MR) is 48.6 cm³/mol. The topological polar surface area (TPSA) is 83.2 Å². The van der Waals surface area contributed by atoms with Gasteiger partial charge in [0, 0.05) is 0 Å². The Labute approximate surface area is 99.4 Å². The Bertz CT molecular complexity index is 446. The van der Waals surface area contributed by atoms with E-state index in [0.29, 0.717) is 5.56 Å². The van der Waals surface area contributed by atoms with Crippen LogP contribution < -0.4 is 24.6 Å². The van der Waals surface area contributed by atoms with Gasteiger partial charge < -0.3 is 10.3 Å². The number of hydrogen-bond acceptors (Lipinski definition) is 4. The van der Waals surface area contributed by atoms with Crippen LogP contribution in [0.5, 0.6) is 0 Å². The minimum atomic E-state index is -4.55. The minimum Gasteiger partial charge on any atom is -0.744 e. The Morgan fingerprint density at radius 2 is 1.93 bits per heavy atom. The molecular weight excluding hydrogens is 221 g/mol. The summed E-state index contributed by atoms with van der Waals surface area (Å²) in [6.45, 7) is 1.48. The molecule has 0 bridgehead atoms. The fourth-order valence-corrected chi connectivity index (χ4v) is 2.07. The summed E-state index contributed by atoms with van der Waals surface area (Å²) in [6.07, 6.45) is 0. The van der Waals surface area contributed by atoms with Gasteiger partial charge in [-0.2, -0.15) is 0 Å². The van der Waals surface area contributed by atoms with Gasteiger partial charge in [-0.3, -0.25) is 0 Å². The molecule has 0 radical (unpaired) electrons. The maximum atomic E-state index is 10.7. The molecular formula is C7H7ClLiNO3S. The molecule has 0 fully saturated rings. The molecule has 14 heavy (non-hydrogen) atoms. The predicted octanol–water partition coefficient (Wildman–Crippen LogP) is -1.86. The van der Waals surface area contributed by atoms with E-state index in [1.165, 1.54) is 19.1 Å². The van der Waals surface area contributed by atoms with Gasteiger partial charge in [0.2, 0.25) is 0 Å². The van der Waals surface area contributed by atoms with E-state index in [2.05, 4.69) is 0 Å². The number of anilines is 1. The summed E-state index contributed by atoms with van der Waals surface area (Å²) in [5.74, 6) is 0. The van der Waals surface area contributed by atoms with E-state index in [9.17, 15) is 13.0 Å². The van der Waals surface area contributed by atoms with Crippen molar-refractivity contribution in [1.82, 2.24) is 0 Å². The summed E-state index contributed by atoms with van der Waals surface area (Å²) in [5, 5.41) is 0.0695. The molecule has 7 heteroatoms. The summed E-state index contributed by atoms with van der Waals surface area (Å²) in [6, 6.07) is 2.88. The molecule has 0 atom stereocenters. The van der Waals surface area contributed by atoms with Gasteiger partial charge in [-0.25, -0.2) is 8.42 Å². The van der Waals surface area contributed by atoms with Crippen molar-refractivity contribution in [2.75, 3.05) is 5.73 Å². The van der Waals surface area contributed by atoms with Gasteiger partial charge in [0.05, 0.1) is 15.6 Å². The molecule has 0 aliphatic rings. The molecule has 0 aliphatic heterocycles. The zero-order chi connectivity index (χ0) is 10.2. The Morgan fingerprint density at radius 1 is 1.43 bits per heavy atom. The molecule has 1 rings (SSSR count). The quantitative estimate of drug-likeness (QED) is 0.346. The molecule has 1 aromatic rings. The third kappa shape index (κ3) is 2.66. The van der Waals surface area contributed by atoms with Crippen LogP contribution in [-0.4, -0.2) is 13.0 Å². The smallest absolute Gasteiger partial charge is 0.744 e. The van der Waals surface area contributed by atoms with Crippen molar-refractivity contribution >= 4 is 27.4 Å². The molecule has 2 N–H and O–H groups in total. The number of hydrogen-bond donors (Lipinski definition) is 1. The van der Waals surface area contributed by atoms with Gasteiger partial charge in [0.1, 0.15) is 10.1 Å². The number of nitrogen functional groups attached to an aromatic ring is 1. The van der Waals surface area contributed by atoms with E-state index in [1.807, 2.05) is 0 Å². The van der Waals surface area contributed by atoms with E-state index in [4.69, 9.17) is 17.3 Å². The number of rotatable bonds is 1. The van der Waals surface area contributed by atoms with Crippen molar-refractivity contribution in [3.63, 3.8) is 0 Å². The average Bonchev–Trinajstić information content (AvgIpc) is 1.95. The summed E-state index contributed by atoms with van der Waals surface area (Å²) in [5.41, 5.74) is 5.48. The first kappa shape index (κ1) is 13.8. The normalized spacial score (nSPS) is 10.8. The Hall–Kier alpha value is -0.183. The van der Waals surface area contributed by atoms with Crippen LogP contribution in [0.25, 0.3) is 0 Å².